The topological polar surface area (TPSA) is 117 Å². The number of carboxylic acid groups (broad SMARTS) is 1. The van der Waals surface area contributed by atoms with Crippen molar-refractivity contribution in [3.63, 3.8) is 0 Å². The Kier molecular flexibility index (Phi) is 7.20. The number of nitrogens with zero attached hydrogens (tertiary/aromatic N) is 1. The molecule has 0 saturated heterocycles. The first-order valence-electron chi connectivity index (χ1n) is 8.47. The Labute approximate surface area is 160 Å². The molecule has 0 saturated carbocycles. The van der Waals surface area contributed by atoms with E-state index < -0.39 is 6.09 Å². The fourth-order valence-corrected chi connectivity index (χ4v) is 2.87. The van der Waals surface area contributed by atoms with Crippen LogP contribution in [0, 0.1) is 0 Å². The number of rotatable bonds is 7. The fraction of sp³-hybridized carbons (Fsp3) is 0.389. The Hall–Kier alpha value is -2.35. The number of hydrogen-bond acceptors (Lipinski definition) is 4. The van der Waals surface area contributed by atoms with Gasteiger partial charge in [0.15, 0.2) is 0 Å². The number of benzene rings is 1. The molecule has 5 N–H and O–H groups in total. The summed E-state index contributed by atoms with van der Waals surface area (Å²) in [6.07, 6.45) is 2.48. The number of aliphatic imine (C=N–C) groups is 1. The van der Waals surface area contributed by atoms with Gasteiger partial charge in [0.2, 0.25) is 5.91 Å². The third-order valence-corrected chi connectivity index (χ3v) is 5.12. The van der Waals surface area contributed by atoms with Crippen molar-refractivity contribution in [2.24, 2.45) is 10.7 Å². The standard InChI is InChI=1S/C18H23BrN4O3/c1-2-14(19)11-4-5-12-8-13(10-16(20)23-15(12)9-11)17(24)21-6-3-7-22-18(25)26/h4-5,8-9,14,22H,2-3,6-7,10H2,1H3,(H2,20,23)(H,21,24)(H,25,26). The number of amidine groups is 1. The van der Waals surface area contributed by atoms with Crippen LogP contribution in [0.3, 0.4) is 0 Å². The molecular weight excluding hydrogens is 400 g/mol. The van der Waals surface area contributed by atoms with Crippen LogP contribution in [0.25, 0.3) is 6.08 Å². The Bertz CT molecular complexity index is 746. The minimum Gasteiger partial charge on any atom is -0.465 e. The van der Waals surface area contributed by atoms with Crippen molar-refractivity contribution in [2.45, 2.75) is 31.0 Å². The van der Waals surface area contributed by atoms with E-state index in [-0.39, 0.29) is 23.7 Å². The molecule has 0 spiro atoms. The van der Waals surface area contributed by atoms with Gasteiger partial charge in [0.1, 0.15) is 5.84 Å². The van der Waals surface area contributed by atoms with Gasteiger partial charge < -0.3 is 21.5 Å². The van der Waals surface area contributed by atoms with Crippen molar-refractivity contribution in [1.29, 1.82) is 0 Å². The third kappa shape index (κ3) is 5.59. The van der Waals surface area contributed by atoms with E-state index in [1.807, 2.05) is 24.3 Å². The van der Waals surface area contributed by atoms with Gasteiger partial charge in [0.05, 0.1) is 5.69 Å². The van der Waals surface area contributed by atoms with Crippen LogP contribution >= 0.6 is 15.9 Å². The number of nitrogens with one attached hydrogen (secondary N) is 2. The summed E-state index contributed by atoms with van der Waals surface area (Å²) in [5, 5.41) is 13.6. The molecule has 26 heavy (non-hydrogen) atoms. The van der Waals surface area contributed by atoms with Gasteiger partial charge in [-0.1, -0.05) is 35.0 Å². The number of carbonyl (C=O) groups excluding carboxylic acids is 1. The lowest BCUT2D eigenvalue weighted by Crippen LogP contribution is -2.30. The van der Waals surface area contributed by atoms with Crippen LogP contribution in [0.15, 0.2) is 28.8 Å². The van der Waals surface area contributed by atoms with Gasteiger partial charge in [0, 0.05) is 35.5 Å². The minimum absolute atomic E-state index is 0.220. The maximum absolute atomic E-state index is 12.4. The van der Waals surface area contributed by atoms with Crippen molar-refractivity contribution in [3.8, 4) is 0 Å². The summed E-state index contributed by atoms with van der Waals surface area (Å²) in [5.41, 5.74) is 9.25. The first-order valence-corrected chi connectivity index (χ1v) is 9.39. The normalized spacial score (nSPS) is 14.4. The van der Waals surface area contributed by atoms with Gasteiger partial charge >= 0.3 is 6.09 Å². The molecule has 140 valence electrons. The molecule has 0 fully saturated rings. The molecule has 1 aliphatic heterocycles. The number of amides is 2. The zero-order chi connectivity index (χ0) is 19.1. The van der Waals surface area contributed by atoms with Gasteiger partial charge in [-0.05, 0) is 30.5 Å². The van der Waals surface area contributed by atoms with Gasteiger partial charge in [-0.25, -0.2) is 9.79 Å². The SMILES string of the molecule is CCC(Br)c1ccc2c(c1)N=C(N)CC(C(=O)NCCCNC(=O)O)=C2. The molecule has 7 nitrogen and oxygen atoms in total. The van der Waals surface area contributed by atoms with Crippen molar-refractivity contribution >= 4 is 45.5 Å². The quantitative estimate of drug-likeness (QED) is 0.398. The number of hydrogen-bond donors (Lipinski definition) is 4. The lowest BCUT2D eigenvalue weighted by Gasteiger charge is -2.10. The van der Waals surface area contributed by atoms with E-state index in [1.54, 1.807) is 0 Å². The van der Waals surface area contributed by atoms with E-state index in [0.29, 0.717) is 24.4 Å². The predicted molar refractivity (Wildman–Crippen MR) is 106 cm³/mol. The van der Waals surface area contributed by atoms with E-state index in [2.05, 4.69) is 38.5 Å². The highest BCUT2D eigenvalue weighted by molar-refractivity contribution is 9.09. The van der Waals surface area contributed by atoms with Gasteiger partial charge in [-0.3, -0.25) is 4.79 Å². The van der Waals surface area contributed by atoms with Gasteiger partial charge in [-0.2, -0.15) is 0 Å². The summed E-state index contributed by atoms with van der Waals surface area (Å²) >= 11 is 3.63. The molecule has 1 aliphatic rings. The summed E-state index contributed by atoms with van der Waals surface area (Å²) in [4.78, 5) is 27.5. The number of nitrogens with two attached hydrogens (primary N) is 1. The van der Waals surface area contributed by atoms with Gasteiger partial charge in [0.25, 0.3) is 0 Å². The van der Waals surface area contributed by atoms with E-state index in [4.69, 9.17) is 10.8 Å². The lowest BCUT2D eigenvalue weighted by molar-refractivity contribution is -0.117. The smallest absolute Gasteiger partial charge is 0.404 e. The van der Waals surface area contributed by atoms with Crippen LogP contribution in [-0.4, -0.2) is 36.0 Å². The molecule has 0 aromatic heterocycles. The number of fused-ring (bicyclic) bond motifs is 1. The molecule has 1 unspecified atom stereocenters. The highest BCUT2D eigenvalue weighted by Crippen LogP contribution is 2.33. The summed E-state index contributed by atoms with van der Waals surface area (Å²) in [6.45, 7) is 2.76. The second-order valence-electron chi connectivity index (χ2n) is 5.98. The van der Waals surface area contributed by atoms with Crippen LogP contribution in [-0.2, 0) is 4.79 Å². The lowest BCUT2D eigenvalue weighted by atomic mass is 10.0. The van der Waals surface area contributed by atoms with Crippen molar-refractivity contribution in [1.82, 2.24) is 10.6 Å². The molecule has 1 aromatic carbocycles. The largest absolute Gasteiger partial charge is 0.465 e. The Balaban J connectivity index is 2.08. The second-order valence-corrected chi connectivity index (χ2v) is 7.09. The molecule has 1 atom stereocenters. The molecule has 0 aliphatic carbocycles. The van der Waals surface area contributed by atoms with Crippen LogP contribution < -0.4 is 16.4 Å². The molecule has 2 amide bonds. The van der Waals surface area contributed by atoms with Crippen LogP contribution in [0.2, 0.25) is 0 Å². The summed E-state index contributed by atoms with van der Waals surface area (Å²) in [5.74, 6) is 0.166. The molecule has 8 heteroatoms. The highest BCUT2D eigenvalue weighted by atomic mass is 79.9. The van der Waals surface area contributed by atoms with E-state index in [0.717, 1.165) is 23.2 Å². The average Bonchev–Trinajstić information content (AvgIpc) is 2.77. The monoisotopic (exact) mass is 422 g/mol. The molecule has 2 rings (SSSR count). The van der Waals surface area contributed by atoms with Crippen molar-refractivity contribution < 1.29 is 14.7 Å². The number of alkyl halides is 1. The van der Waals surface area contributed by atoms with E-state index in [9.17, 15) is 9.59 Å². The van der Waals surface area contributed by atoms with E-state index >= 15 is 0 Å². The average molecular weight is 423 g/mol. The third-order valence-electron chi connectivity index (χ3n) is 3.95. The maximum Gasteiger partial charge on any atom is 0.404 e. The minimum atomic E-state index is -1.07. The Morgan fingerprint density at radius 2 is 2.08 bits per heavy atom. The summed E-state index contributed by atoms with van der Waals surface area (Å²) in [6, 6.07) is 5.95. The number of carbonyl (C=O) groups is 2. The zero-order valence-corrected chi connectivity index (χ0v) is 16.2. The highest BCUT2D eigenvalue weighted by Gasteiger charge is 2.17. The van der Waals surface area contributed by atoms with Crippen LogP contribution in [0.5, 0.6) is 0 Å². The first-order chi connectivity index (χ1) is 12.4. The molecule has 0 bridgehead atoms. The number of halogens is 1. The van der Waals surface area contributed by atoms with Crippen LogP contribution in [0.1, 0.15) is 42.1 Å². The first kappa shape index (κ1) is 20.0. The molecule has 1 heterocycles. The molecule has 0 radical (unpaired) electrons. The molecule has 1 aromatic rings. The van der Waals surface area contributed by atoms with Gasteiger partial charge in [-0.15, -0.1) is 0 Å². The summed E-state index contributed by atoms with van der Waals surface area (Å²) in [7, 11) is 0. The maximum atomic E-state index is 12.4. The van der Waals surface area contributed by atoms with Crippen molar-refractivity contribution in [3.05, 3.63) is 34.9 Å². The second kappa shape index (κ2) is 9.38. The summed E-state index contributed by atoms with van der Waals surface area (Å²) < 4.78 is 0. The zero-order valence-electron chi connectivity index (χ0n) is 14.6. The van der Waals surface area contributed by atoms with E-state index in [1.165, 1.54) is 0 Å². The van der Waals surface area contributed by atoms with Crippen molar-refractivity contribution in [2.75, 3.05) is 13.1 Å². The Morgan fingerprint density at radius 1 is 1.35 bits per heavy atom. The Morgan fingerprint density at radius 3 is 2.77 bits per heavy atom. The fourth-order valence-electron chi connectivity index (χ4n) is 2.58. The van der Waals surface area contributed by atoms with Crippen LogP contribution in [0.4, 0.5) is 10.5 Å². The predicted octanol–water partition coefficient (Wildman–Crippen LogP) is 3.08. The molecular formula is C18H23BrN4O3.